The quantitative estimate of drug-likeness (QED) is 0.383. The van der Waals surface area contributed by atoms with Gasteiger partial charge in [-0.05, 0) is 97.1 Å². The number of fused-ring (bicyclic) bond motifs is 3. The van der Waals surface area contributed by atoms with Crippen LogP contribution in [0.4, 0.5) is 5.69 Å². The molecular formula is C33H31NO. The monoisotopic (exact) mass is 457 g/mol. The smallest absolute Gasteiger partial charge is 0.213 e. The van der Waals surface area contributed by atoms with Crippen molar-refractivity contribution in [1.82, 2.24) is 0 Å². The van der Waals surface area contributed by atoms with Crippen molar-refractivity contribution in [2.45, 2.75) is 50.7 Å². The molecule has 35 heavy (non-hydrogen) atoms. The lowest BCUT2D eigenvalue weighted by Gasteiger charge is -2.53. The van der Waals surface area contributed by atoms with Crippen molar-refractivity contribution in [3.63, 3.8) is 0 Å². The molecule has 1 saturated carbocycles. The Morgan fingerprint density at radius 2 is 1.46 bits per heavy atom. The van der Waals surface area contributed by atoms with E-state index in [9.17, 15) is 0 Å². The highest BCUT2D eigenvalue weighted by Crippen LogP contribution is 2.61. The highest BCUT2D eigenvalue weighted by atomic mass is 16.5. The molecule has 2 aliphatic heterocycles. The minimum absolute atomic E-state index is 0.427. The summed E-state index contributed by atoms with van der Waals surface area (Å²) in [4.78, 5) is 2.63. The number of rotatable bonds is 2. The van der Waals surface area contributed by atoms with Crippen LogP contribution in [0.25, 0.3) is 12.2 Å². The molecule has 0 saturated heterocycles. The number of nitrogens with zero attached hydrogens (tertiary/aromatic N) is 1. The Morgan fingerprint density at radius 1 is 0.743 bits per heavy atom. The molecule has 0 radical (unpaired) electrons. The zero-order valence-corrected chi connectivity index (χ0v) is 20.1. The Bertz CT molecular complexity index is 1350. The number of para-hydroxylation sites is 2. The van der Waals surface area contributed by atoms with E-state index in [1.165, 1.54) is 59.3 Å². The van der Waals surface area contributed by atoms with Crippen LogP contribution in [-0.2, 0) is 0 Å². The fourth-order valence-corrected chi connectivity index (χ4v) is 6.87. The van der Waals surface area contributed by atoms with Crippen molar-refractivity contribution in [3.8, 4) is 5.75 Å². The largest absolute Gasteiger partial charge is 0.461 e. The first kappa shape index (κ1) is 20.8. The van der Waals surface area contributed by atoms with E-state index in [4.69, 9.17) is 4.74 Å². The standard InChI is InChI=1S/C33H31NO/c1-3-11-24(12-4-1)21-26-15-9-16-27-23-29-18-10-17-28(22-25-13-5-2-6-14-25)33(29)34(32(26)27)30-19-7-8-20-31(30)35-33/h1-8,11-14,19-22,29H,9-10,15-18,23H2/b26-21-,28-22-/t29-,33+/m1/s1. The van der Waals surface area contributed by atoms with Crippen molar-refractivity contribution in [3.05, 3.63) is 118 Å². The summed E-state index contributed by atoms with van der Waals surface area (Å²) in [6.45, 7) is 0. The minimum atomic E-state index is -0.427. The maximum atomic E-state index is 7.13. The molecule has 0 aromatic heterocycles. The molecule has 2 heteroatoms. The van der Waals surface area contributed by atoms with Gasteiger partial charge in [-0.3, -0.25) is 4.90 Å². The van der Waals surface area contributed by atoms with Crippen LogP contribution < -0.4 is 9.64 Å². The zero-order valence-electron chi connectivity index (χ0n) is 20.1. The lowest BCUT2D eigenvalue weighted by atomic mass is 9.68. The third-order valence-electron chi connectivity index (χ3n) is 8.28. The molecule has 3 aromatic rings. The Labute approximate surface area is 208 Å². The summed E-state index contributed by atoms with van der Waals surface area (Å²) in [6, 6.07) is 30.3. The third kappa shape index (κ3) is 3.31. The molecule has 1 fully saturated rings. The number of benzene rings is 3. The summed E-state index contributed by atoms with van der Waals surface area (Å²) in [5.74, 6) is 1.49. The maximum absolute atomic E-state index is 7.13. The molecule has 2 atom stereocenters. The van der Waals surface area contributed by atoms with Crippen LogP contribution in [0.3, 0.4) is 0 Å². The predicted molar refractivity (Wildman–Crippen MR) is 144 cm³/mol. The summed E-state index contributed by atoms with van der Waals surface area (Å²) >= 11 is 0. The number of hydrogen-bond donors (Lipinski definition) is 0. The number of hydrogen-bond acceptors (Lipinski definition) is 2. The van der Waals surface area contributed by atoms with Gasteiger partial charge in [-0.15, -0.1) is 0 Å². The first-order valence-electron chi connectivity index (χ1n) is 13.2. The van der Waals surface area contributed by atoms with Gasteiger partial charge in [-0.2, -0.15) is 0 Å². The Morgan fingerprint density at radius 3 is 2.26 bits per heavy atom. The van der Waals surface area contributed by atoms with E-state index in [1.807, 2.05) is 0 Å². The molecule has 1 spiro atoms. The molecule has 2 aliphatic carbocycles. The summed E-state index contributed by atoms with van der Waals surface area (Å²) in [5, 5.41) is 0. The second kappa shape index (κ2) is 8.30. The maximum Gasteiger partial charge on any atom is 0.213 e. The van der Waals surface area contributed by atoms with Crippen LogP contribution in [0.2, 0.25) is 0 Å². The zero-order chi connectivity index (χ0) is 23.2. The van der Waals surface area contributed by atoms with Crippen molar-refractivity contribution in [1.29, 1.82) is 0 Å². The Kier molecular flexibility index (Phi) is 4.94. The first-order chi connectivity index (χ1) is 17.3. The molecule has 0 bridgehead atoms. The van der Waals surface area contributed by atoms with Gasteiger partial charge in [0, 0.05) is 11.6 Å². The topological polar surface area (TPSA) is 12.5 Å². The van der Waals surface area contributed by atoms with E-state index in [2.05, 4.69) is 102 Å². The van der Waals surface area contributed by atoms with Gasteiger partial charge in [-0.1, -0.05) is 72.8 Å². The summed E-state index contributed by atoms with van der Waals surface area (Å²) in [6.07, 6.45) is 13.1. The van der Waals surface area contributed by atoms with Crippen LogP contribution in [-0.4, -0.2) is 5.72 Å². The molecular weight excluding hydrogens is 426 g/mol. The van der Waals surface area contributed by atoms with E-state index in [0.717, 1.165) is 25.0 Å². The van der Waals surface area contributed by atoms with Crippen LogP contribution in [0.5, 0.6) is 5.75 Å². The highest BCUT2D eigenvalue weighted by molar-refractivity contribution is 5.78. The Balaban J connectivity index is 1.45. The number of allylic oxidation sites excluding steroid dienone is 2. The second-order valence-corrected chi connectivity index (χ2v) is 10.4. The molecule has 174 valence electrons. The van der Waals surface area contributed by atoms with Crippen molar-refractivity contribution in [2.75, 3.05) is 4.90 Å². The first-order valence-corrected chi connectivity index (χ1v) is 13.2. The Hall–Kier alpha value is -3.52. The van der Waals surface area contributed by atoms with Gasteiger partial charge in [0.05, 0.1) is 5.69 Å². The van der Waals surface area contributed by atoms with Crippen molar-refractivity contribution in [2.24, 2.45) is 5.92 Å². The van der Waals surface area contributed by atoms with Gasteiger partial charge in [0.25, 0.3) is 0 Å². The van der Waals surface area contributed by atoms with Gasteiger partial charge < -0.3 is 4.74 Å². The average Bonchev–Trinajstić information content (AvgIpc) is 3.25. The molecule has 0 N–H and O–H groups in total. The van der Waals surface area contributed by atoms with Crippen LogP contribution >= 0.6 is 0 Å². The third-order valence-corrected chi connectivity index (χ3v) is 8.28. The fraction of sp³-hybridized carbons (Fsp3) is 0.273. The number of ether oxygens (including phenoxy) is 1. The molecule has 2 heterocycles. The highest BCUT2D eigenvalue weighted by Gasteiger charge is 2.59. The van der Waals surface area contributed by atoms with Gasteiger partial charge in [0.15, 0.2) is 0 Å². The van der Waals surface area contributed by atoms with Crippen molar-refractivity contribution < 1.29 is 4.74 Å². The van der Waals surface area contributed by atoms with Crippen LogP contribution in [0, 0.1) is 5.92 Å². The molecule has 0 amide bonds. The van der Waals surface area contributed by atoms with Gasteiger partial charge >= 0.3 is 0 Å². The minimum Gasteiger partial charge on any atom is -0.461 e. The summed E-state index contributed by atoms with van der Waals surface area (Å²) in [7, 11) is 0. The number of anilines is 1. The van der Waals surface area contributed by atoms with Crippen molar-refractivity contribution >= 4 is 17.8 Å². The normalized spacial score (nSPS) is 27.2. The van der Waals surface area contributed by atoms with Gasteiger partial charge in [-0.25, -0.2) is 0 Å². The average molecular weight is 458 g/mol. The molecule has 7 rings (SSSR count). The van der Waals surface area contributed by atoms with Gasteiger partial charge in [0.2, 0.25) is 5.72 Å². The van der Waals surface area contributed by atoms with E-state index in [0.29, 0.717) is 5.92 Å². The second-order valence-electron chi connectivity index (χ2n) is 10.4. The van der Waals surface area contributed by atoms with E-state index >= 15 is 0 Å². The summed E-state index contributed by atoms with van der Waals surface area (Å²) in [5.41, 5.74) is 9.29. The van der Waals surface area contributed by atoms with Crippen LogP contribution in [0.15, 0.2) is 107 Å². The lowest BCUT2D eigenvalue weighted by Crippen LogP contribution is -2.60. The predicted octanol–water partition coefficient (Wildman–Crippen LogP) is 8.39. The lowest BCUT2D eigenvalue weighted by molar-refractivity contribution is 0.0353. The van der Waals surface area contributed by atoms with Gasteiger partial charge in [0.1, 0.15) is 5.75 Å². The molecule has 2 nitrogen and oxygen atoms in total. The summed E-state index contributed by atoms with van der Waals surface area (Å²) < 4.78 is 7.13. The van der Waals surface area contributed by atoms with Crippen LogP contribution in [0.1, 0.15) is 56.1 Å². The molecule has 4 aliphatic rings. The van der Waals surface area contributed by atoms with E-state index in [1.54, 1.807) is 5.57 Å². The molecule has 3 aromatic carbocycles. The molecule has 0 unspecified atom stereocenters. The van der Waals surface area contributed by atoms with E-state index < -0.39 is 5.72 Å². The van der Waals surface area contributed by atoms with E-state index in [-0.39, 0.29) is 0 Å². The SMILES string of the molecule is C(=C1\CCCC2=C1N1c3ccccc3O[C@]13/C(=C\c1ccccc1)CCC[C@@H]3C2)/c1ccccc1. The fourth-order valence-electron chi connectivity index (χ4n) is 6.87.